The number of aromatic nitrogens is 2. The van der Waals surface area contributed by atoms with Crippen molar-refractivity contribution in [3.63, 3.8) is 0 Å². The molecule has 0 fully saturated rings. The van der Waals surface area contributed by atoms with Gasteiger partial charge in [0.1, 0.15) is 5.75 Å². The van der Waals surface area contributed by atoms with Crippen LogP contribution in [0, 0.1) is 0 Å². The topological polar surface area (TPSA) is 27.1 Å². The molecule has 1 aromatic carbocycles. The highest BCUT2D eigenvalue weighted by Gasteiger charge is 2.05. The van der Waals surface area contributed by atoms with Gasteiger partial charge in [0, 0.05) is 17.3 Å². The molecule has 0 N–H and O–H groups in total. The number of imidazole rings is 1. The number of hydrogen-bond acceptors (Lipinski definition) is 3. The Balaban J connectivity index is 1.79. The fraction of sp³-hybridized carbons (Fsp3) is 0.308. The highest BCUT2D eigenvalue weighted by atomic mass is 79.9. The van der Waals surface area contributed by atoms with Crippen LogP contribution in [0.25, 0.3) is 0 Å². The minimum absolute atomic E-state index is 0.485. The summed E-state index contributed by atoms with van der Waals surface area (Å²) in [5, 5.41) is 0.966. The largest absolute Gasteiger partial charge is 0.493 e. The Bertz CT molecular complexity index is 547. The maximum Gasteiger partial charge on any atom is 0.168 e. The molecule has 2 aromatic rings. The van der Waals surface area contributed by atoms with Crippen molar-refractivity contribution in [2.45, 2.75) is 11.0 Å². The van der Waals surface area contributed by atoms with Crippen LogP contribution < -0.4 is 4.74 Å². The van der Waals surface area contributed by atoms with E-state index in [-0.39, 0.29) is 0 Å². The average Bonchev–Trinajstić information content (AvgIpc) is 2.76. The maximum absolute atomic E-state index is 5.80. The summed E-state index contributed by atoms with van der Waals surface area (Å²) in [6.45, 7) is 0.643. The Labute approximate surface area is 130 Å². The third-order valence-corrected chi connectivity index (χ3v) is 4.33. The molecule has 0 atom stereocenters. The third-order valence-electron chi connectivity index (χ3n) is 2.56. The van der Waals surface area contributed by atoms with E-state index in [2.05, 4.69) is 20.9 Å². The van der Waals surface area contributed by atoms with E-state index in [1.165, 1.54) is 0 Å². The highest BCUT2D eigenvalue weighted by molar-refractivity contribution is 9.10. The molecule has 0 saturated heterocycles. The predicted octanol–water partition coefficient (Wildman–Crippen LogP) is 4.09. The van der Waals surface area contributed by atoms with Gasteiger partial charge in [0.15, 0.2) is 5.16 Å². The molecule has 3 nitrogen and oxygen atoms in total. The van der Waals surface area contributed by atoms with Gasteiger partial charge in [0.05, 0.1) is 24.4 Å². The molecule has 0 aliphatic carbocycles. The van der Waals surface area contributed by atoms with Gasteiger partial charge in [0.25, 0.3) is 0 Å². The number of hydrogen-bond donors (Lipinski definition) is 0. The first-order valence-corrected chi connectivity index (χ1v) is 8.09. The Morgan fingerprint density at radius 2 is 2.32 bits per heavy atom. The smallest absolute Gasteiger partial charge is 0.168 e. The predicted molar refractivity (Wildman–Crippen MR) is 83.1 cm³/mol. The second kappa shape index (κ2) is 7.22. The molecule has 6 heteroatoms. The first-order chi connectivity index (χ1) is 9.20. The van der Waals surface area contributed by atoms with Crippen LogP contribution in [0.3, 0.4) is 0 Å². The number of nitrogens with zero attached hydrogens (tertiary/aromatic N) is 2. The lowest BCUT2D eigenvalue weighted by atomic mass is 10.3. The van der Waals surface area contributed by atoms with Crippen molar-refractivity contribution < 1.29 is 4.74 Å². The van der Waals surface area contributed by atoms with Gasteiger partial charge in [-0.2, -0.15) is 0 Å². The Morgan fingerprint density at radius 3 is 3.00 bits per heavy atom. The summed E-state index contributed by atoms with van der Waals surface area (Å²) in [5.74, 6) is 2.20. The quantitative estimate of drug-likeness (QED) is 0.440. The van der Waals surface area contributed by atoms with Crippen LogP contribution in [-0.2, 0) is 12.9 Å². The van der Waals surface area contributed by atoms with Gasteiger partial charge < -0.3 is 9.30 Å². The number of halogens is 2. The van der Waals surface area contributed by atoms with Crippen LogP contribution in [0.4, 0.5) is 0 Å². The highest BCUT2D eigenvalue weighted by Crippen LogP contribution is 2.20. The van der Waals surface area contributed by atoms with Crippen LogP contribution in [0.1, 0.15) is 5.69 Å². The average molecular weight is 362 g/mol. The van der Waals surface area contributed by atoms with Crippen molar-refractivity contribution in [3.05, 3.63) is 40.6 Å². The second-order valence-corrected chi connectivity index (χ2v) is 6.12. The Morgan fingerprint density at radius 1 is 1.47 bits per heavy atom. The summed E-state index contributed by atoms with van der Waals surface area (Å²) in [6.07, 6.45) is 1.81. The maximum atomic E-state index is 5.80. The first-order valence-electron chi connectivity index (χ1n) is 5.78. The Hall–Kier alpha value is -0.650. The fourth-order valence-corrected chi connectivity index (χ4v) is 2.95. The summed E-state index contributed by atoms with van der Waals surface area (Å²) in [5.41, 5.74) is 1.03. The van der Waals surface area contributed by atoms with Crippen molar-refractivity contribution in [1.29, 1.82) is 0 Å². The Kier molecular flexibility index (Phi) is 5.60. The monoisotopic (exact) mass is 360 g/mol. The van der Waals surface area contributed by atoms with E-state index in [9.17, 15) is 0 Å². The van der Waals surface area contributed by atoms with Gasteiger partial charge >= 0.3 is 0 Å². The van der Waals surface area contributed by atoms with Crippen LogP contribution in [0.15, 0.2) is 40.1 Å². The van der Waals surface area contributed by atoms with Gasteiger partial charge in [0.2, 0.25) is 0 Å². The van der Waals surface area contributed by atoms with E-state index in [0.717, 1.165) is 26.8 Å². The molecule has 0 spiro atoms. The summed E-state index contributed by atoms with van der Waals surface area (Å²) in [6, 6.07) is 7.83. The molecular weight excluding hydrogens is 348 g/mol. The molecule has 19 heavy (non-hydrogen) atoms. The molecule has 0 amide bonds. The normalized spacial score (nSPS) is 10.7. The number of alkyl halides is 1. The summed E-state index contributed by atoms with van der Waals surface area (Å²) in [4.78, 5) is 4.32. The summed E-state index contributed by atoms with van der Waals surface area (Å²) >= 11 is 10.9. The van der Waals surface area contributed by atoms with Gasteiger partial charge in [-0.3, -0.25) is 0 Å². The lowest BCUT2D eigenvalue weighted by molar-refractivity contribution is 0.343. The SMILES string of the molecule is Cn1c(CCl)cnc1SCCOc1cccc(Br)c1. The molecule has 2 rings (SSSR count). The van der Waals surface area contributed by atoms with E-state index in [1.807, 2.05) is 42.1 Å². The zero-order valence-electron chi connectivity index (χ0n) is 10.5. The molecule has 0 saturated carbocycles. The first kappa shape index (κ1) is 14.8. The van der Waals surface area contributed by atoms with E-state index in [4.69, 9.17) is 16.3 Å². The molecule has 0 aliphatic rings. The van der Waals surface area contributed by atoms with Gasteiger partial charge in [-0.25, -0.2) is 4.98 Å². The molecular formula is C13H14BrClN2OS. The van der Waals surface area contributed by atoms with Crippen molar-refractivity contribution in [1.82, 2.24) is 9.55 Å². The standard InChI is InChI=1S/C13H14BrClN2OS/c1-17-11(8-15)9-16-13(17)19-6-5-18-12-4-2-3-10(14)7-12/h2-4,7,9H,5-6,8H2,1H3. The van der Waals surface area contributed by atoms with Gasteiger partial charge in [-0.15, -0.1) is 11.6 Å². The molecule has 1 heterocycles. The molecule has 1 aromatic heterocycles. The lowest BCUT2D eigenvalue weighted by Gasteiger charge is -2.06. The van der Waals surface area contributed by atoms with Crippen molar-refractivity contribution in [2.75, 3.05) is 12.4 Å². The zero-order valence-corrected chi connectivity index (χ0v) is 13.6. The van der Waals surface area contributed by atoms with E-state index >= 15 is 0 Å². The fourth-order valence-electron chi connectivity index (χ4n) is 1.53. The number of thioether (sulfide) groups is 1. The molecule has 0 radical (unpaired) electrons. The minimum Gasteiger partial charge on any atom is -0.493 e. The number of benzene rings is 1. The second-order valence-electron chi connectivity index (χ2n) is 3.88. The van der Waals surface area contributed by atoms with Gasteiger partial charge in [-0.05, 0) is 18.2 Å². The zero-order chi connectivity index (χ0) is 13.7. The van der Waals surface area contributed by atoms with E-state index in [1.54, 1.807) is 11.8 Å². The summed E-state index contributed by atoms with van der Waals surface area (Å²) < 4.78 is 8.70. The lowest BCUT2D eigenvalue weighted by Crippen LogP contribution is -2.02. The number of ether oxygens (including phenoxy) is 1. The van der Waals surface area contributed by atoms with Crippen molar-refractivity contribution >= 4 is 39.3 Å². The van der Waals surface area contributed by atoms with Crippen molar-refractivity contribution in [3.8, 4) is 5.75 Å². The molecule has 0 aliphatic heterocycles. The van der Waals surface area contributed by atoms with Gasteiger partial charge in [-0.1, -0.05) is 33.8 Å². The summed E-state index contributed by atoms with van der Waals surface area (Å²) in [7, 11) is 1.97. The minimum atomic E-state index is 0.485. The molecule has 0 bridgehead atoms. The van der Waals surface area contributed by atoms with Crippen LogP contribution in [0.5, 0.6) is 5.75 Å². The molecule has 0 unspecified atom stereocenters. The van der Waals surface area contributed by atoms with Crippen LogP contribution in [-0.4, -0.2) is 21.9 Å². The van der Waals surface area contributed by atoms with E-state index < -0.39 is 0 Å². The van der Waals surface area contributed by atoms with E-state index in [0.29, 0.717) is 12.5 Å². The third kappa shape index (κ3) is 4.16. The van der Waals surface area contributed by atoms with Crippen LogP contribution in [0.2, 0.25) is 0 Å². The van der Waals surface area contributed by atoms with Crippen LogP contribution >= 0.6 is 39.3 Å². The molecule has 102 valence electrons. The number of rotatable bonds is 6. The van der Waals surface area contributed by atoms with Crippen molar-refractivity contribution in [2.24, 2.45) is 7.05 Å².